The van der Waals surface area contributed by atoms with Crippen molar-refractivity contribution in [3.8, 4) is 0 Å². The summed E-state index contributed by atoms with van der Waals surface area (Å²) in [6.07, 6.45) is -4.89. The maximum absolute atomic E-state index is 11.7. The molecule has 0 heterocycles. The van der Waals surface area contributed by atoms with Crippen molar-refractivity contribution >= 4 is 5.91 Å². The van der Waals surface area contributed by atoms with E-state index in [1.54, 1.807) is 0 Å². The molecule has 2 N–H and O–H groups in total. The zero-order chi connectivity index (χ0) is 10.8. The van der Waals surface area contributed by atoms with E-state index in [2.05, 4.69) is 5.32 Å². The number of hydrogen-bond donors (Lipinski definition) is 2. The zero-order valence-electron chi connectivity index (χ0n) is 7.47. The second kappa shape index (κ2) is 4.16. The smallest absolute Gasteiger partial charge is 0.391 e. The molecule has 1 fully saturated rings. The first-order valence-electron chi connectivity index (χ1n) is 4.40. The van der Waals surface area contributed by atoms with Gasteiger partial charge >= 0.3 is 6.18 Å². The molecule has 1 atom stereocenters. The molecule has 0 radical (unpaired) electrons. The lowest BCUT2D eigenvalue weighted by atomic mass is 10.2. The van der Waals surface area contributed by atoms with Crippen molar-refractivity contribution < 1.29 is 23.1 Å². The average molecular weight is 211 g/mol. The number of rotatable bonds is 4. The van der Waals surface area contributed by atoms with Gasteiger partial charge in [-0.2, -0.15) is 13.2 Å². The van der Waals surface area contributed by atoms with Gasteiger partial charge in [0, 0.05) is 6.54 Å². The van der Waals surface area contributed by atoms with Crippen molar-refractivity contribution in [1.82, 2.24) is 5.32 Å². The van der Waals surface area contributed by atoms with Crippen LogP contribution >= 0.6 is 0 Å². The molecule has 14 heavy (non-hydrogen) atoms. The van der Waals surface area contributed by atoms with E-state index in [-0.39, 0.29) is 12.5 Å². The maximum Gasteiger partial charge on any atom is 0.397 e. The van der Waals surface area contributed by atoms with Gasteiger partial charge in [0.25, 0.3) is 0 Å². The van der Waals surface area contributed by atoms with Crippen molar-refractivity contribution in [3.05, 3.63) is 0 Å². The van der Waals surface area contributed by atoms with Gasteiger partial charge in [0.1, 0.15) is 6.42 Å². The summed E-state index contributed by atoms with van der Waals surface area (Å²) in [6, 6.07) is 0. The third-order valence-electron chi connectivity index (χ3n) is 2.04. The second-order valence-corrected chi connectivity index (χ2v) is 3.50. The van der Waals surface area contributed by atoms with Gasteiger partial charge in [0.15, 0.2) is 0 Å². The minimum Gasteiger partial charge on any atom is -0.391 e. The highest BCUT2D eigenvalue weighted by Gasteiger charge is 2.33. The molecule has 6 heteroatoms. The Morgan fingerprint density at radius 3 is 2.50 bits per heavy atom. The number of aliphatic hydroxyl groups is 1. The van der Waals surface area contributed by atoms with E-state index in [0.717, 1.165) is 12.8 Å². The molecule has 1 unspecified atom stereocenters. The number of amides is 1. The molecule has 1 saturated carbocycles. The summed E-state index contributed by atoms with van der Waals surface area (Å²) in [5.41, 5.74) is 0. The number of carbonyl (C=O) groups is 1. The Labute approximate surface area is 79.3 Å². The first kappa shape index (κ1) is 11.3. The molecule has 1 amide bonds. The molecule has 0 bridgehead atoms. The Morgan fingerprint density at radius 2 is 2.07 bits per heavy atom. The Bertz CT molecular complexity index is 213. The summed E-state index contributed by atoms with van der Waals surface area (Å²) >= 11 is 0. The standard InChI is InChI=1S/C8H12F3NO2/c9-8(10,11)3-7(14)12-4-6(13)5-1-2-5/h5-6,13H,1-4H2,(H,12,14). The molecule has 0 aromatic rings. The number of nitrogens with one attached hydrogen (secondary N) is 1. The number of alkyl halides is 3. The van der Waals surface area contributed by atoms with Crippen LogP contribution in [0.25, 0.3) is 0 Å². The summed E-state index contributed by atoms with van der Waals surface area (Å²) in [7, 11) is 0. The van der Waals surface area contributed by atoms with Gasteiger partial charge < -0.3 is 10.4 Å². The van der Waals surface area contributed by atoms with Crippen LogP contribution in [-0.2, 0) is 4.79 Å². The predicted molar refractivity (Wildman–Crippen MR) is 42.4 cm³/mol. The average Bonchev–Trinajstić information content (AvgIpc) is 2.78. The van der Waals surface area contributed by atoms with Gasteiger partial charge in [0.2, 0.25) is 5.91 Å². The molecule has 0 saturated heterocycles. The lowest BCUT2D eigenvalue weighted by Crippen LogP contribution is -2.35. The first-order chi connectivity index (χ1) is 6.38. The first-order valence-corrected chi connectivity index (χ1v) is 4.40. The summed E-state index contributed by atoms with van der Waals surface area (Å²) in [4.78, 5) is 10.7. The van der Waals surface area contributed by atoms with Crippen LogP contribution in [0.15, 0.2) is 0 Å². The Morgan fingerprint density at radius 1 is 1.50 bits per heavy atom. The van der Waals surface area contributed by atoms with Crippen molar-refractivity contribution in [2.75, 3.05) is 6.54 Å². The van der Waals surface area contributed by atoms with Gasteiger partial charge in [-0.25, -0.2) is 0 Å². The Kier molecular flexibility index (Phi) is 3.36. The van der Waals surface area contributed by atoms with Crippen LogP contribution in [0.2, 0.25) is 0 Å². The Balaban J connectivity index is 2.14. The minimum atomic E-state index is -4.48. The summed E-state index contributed by atoms with van der Waals surface area (Å²) < 4.78 is 35.0. The van der Waals surface area contributed by atoms with Crippen molar-refractivity contribution in [2.45, 2.75) is 31.5 Å². The molecule has 1 aliphatic carbocycles. The fraction of sp³-hybridized carbons (Fsp3) is 0.875. The highest BCUT2D eigenvalue weighted by molar-refractivity contribution is 5.76. The SMILES string of the molecule is O=C(CC(F)(F)F)NCC(O)C1CC1. The highest BCUT2D eigenvalue weighted by Crippen LogP contribution is 2.32. The van der Waals surface area contributed by atoms with Crippen LogP contribution in [0, 0.1) is 5.92 Å². The van der Waals surface area contributed by atoms with E-state index < -0.39 is 24.6 Å². The highest BCUT2D eigenvalue weighted by atomic mass is 19.4. The van der Waals surface area contributed by atoms with Gasteiger partial charge in [-0.05, 0) is 18.8 Å². The van der Waals surface area contributed by atoms with E-state index in [4.69, 9.17) is 0 Å². The number of carbonyl (C=O) groups excluding carboxylic acids is 1. The molecular formula is C8H12F3NO2. The molecule has 82 valence electrons. The quantitative estimate of drug-likeness (QED) is 0.723. The van der Waals surface area contributed by atoms with Crippen LogP contribution < -0.4 is 5.32 Å². The maximum atomic E-state index is 11.7. The van der Waals surface area contributed by atoms with Crippen molar-refractivity contribution in [2.24, 2.45) is 5.92 Å². The molecule has 0 aromatic heterocycles. The molecule has 0 aromatic carbocycles. The van der Waals surface area contributed by atoms with E-state index in [1.807, 2.05) is 0 Å². The van der Waals surface area contributed by atoms with Gasteiger partial charge in [-0.1, -0.05) is 0 Å². The van der Waals surface area contributed by atoms with Gasteiger partial charge in [-0.3, -0.25) is 4.79 Å². The lowest BCUT2D eigenvalue weighted by Gasteiger charge is -2.11. The normalized spacial score (nSPS) is 19.1. The molecule has 0 spiro atoms. The summed E-state index contributed by atoms with van der Waals surface area (Å²) in [6.45, 7) is -0.0837. The van der Waals surface area contributed by atoms with Crippen LogP contribution in [0.4, 0.5) is 13.2 Å². The molecule has 0 aliphatic heterocycles. The second-order valence-electron chi connectivity index (χ2n) is 3.50. The Hall–Kier alpha value is -0.780. The van der Waals surface area contributed by atoms with Crippen LogP contribution in [0.5, 0.6) is 0 Å². The monoisotopic (exact) mass is 211 g/mol. The zero-order valence-corrected chi connectivity index (χ0v) is 7.47. The van der Waals surface area contributed by atoms with E-state index in [0.29, 0.717) is 0 Å². The van der Waals surface area contributed by atoms with Crippen LogP contribution in [0.1, 0.15) is 19.3 Å². The third kappa shape index (κ3) is 4.45. The molecule has 1 aliphatic rings. The predicted octanol–water partition coefficient (Wildman–Crippen LogP) is 0.826. The largest absolute Gasteiger partial charge is 0.397 e. The van der Waals surface area contributed by atoms with E-state index >= 15 is 0 Å². The van der Waals surface area contributed by atoms with Gasteiger partial charge in [-0.15, -0.1) is 0 Å². The van der Waals surface area contributed by atoms with Crippen molar-refractivity contribution in [1.29, 1.82) is 0 Å². The fourth-order valence-electron chi connectivity index (χ4n) is 1.11. The van der Waals surface area contributed by atoms with E-state index in [9.17, 15) is 23.1 Å². The summed E-state index contributed by atoms with van der Waals surface area (Å²) in [5.74, 6) is -0.932. The fourth-order valence-corrected chi connectivity index (χ4v) is 1.11. The molecule has 1 rings (SSSR count). The number of hydrogen-bond acceptors (Lipinski definition) is 2. The topological polar surface area (TPSA) is 49.3 Å². The van der Waals surface area contributed by atoms with Crippen LogP contribution in [0.3, 0.4) is 0 Å². The minimum absolute atomic E-state index is 0.0837. The molecule has 3 nitrogen and oxygen atoms in total. The van der Waals surface area contributed by atoms with Crippen molar-refractivity contribution in [3.63, 3.8) is 0 Å². The lowest BCUT2D eigenvalue weighted by molar-refractivity contribution is -0.154. The third-order valence-corrected chi connectivity index (χ3v) is 2.04. The summed E-state index contributed by atoms with van der Waals surface area (Å²) in [5, 5.41) is 11.3. The number of halogens is 3. The van der Waals surface area contributed by atoms with Gasteiger partial charge in [0.05, 0.1) is 6.10 Å². The molecular weight excluding hydrogens is 199 g/mol. The number of aliphatic hydroxyl groups excluding tert-OH is 1. The van der Waals surface area contributed by atoms with E-state index in [1.165, 1.54) is 0 Å². The van der Waals surface area contributed by atoms with Crippen LogP contribution in [-0.4, -0.2) is 29.8 Å².